The van der Waals surface area contributed by atoms with E-state index in [1.54, 1.807) is 25.1 Å². The minimum atomic E-state index is -0.459. The Hall–Kier alpha value is -2.61. The van der Waals surface area contributed by atoms with E-state index >= 15 is 0 Å². The van der Waals surface area contributed by atoms with Crippen LogP contribution in [0.5, 0.6) is 0 Å². The van der Waals surface area contributed by atoms with Gasteiger partial charge in [0.25, 0.3) is 0 Å². The van der Waals surface area contributed by atoms with Crippen LogP contribution in [-0.4, -0.2) is 54.7 Å². The lowest BCUT2D eigenvalue weighted by Crippen LogP contribution is -2.46. The minimum absolute atomic E-state index is 0.229. The van der Waals surface area contributed by atoms with Gasteiger partial charge in [0.05, 0.1) is 18.2 Å². The molecule has 0 spiro atoms. The molecule has 1 heterocycles. The van der Waals surface area contributed by atoms with Crippen LogP contribution in [0.4, 0.5) is 10.5 Å². The number of rotatable bonds is 5. The lowest BCUT2D eigenvalue weighted by atomic mass is 9.95. The summed E-state index contributed by atoms with van der Waals surface area (Å²) < 4.78 is 5.49. The number of nitrogens with zero attached hydrogens (tertiary/aromatic N) is 2. The van der Waals surface area contributed by atoms with Crippen LogP contribution in [0.25, 0.3) is 0 Å². The fourth-order valence-electron chi connectivity index (χ4n) is 2.70. The van der Waals surface area contributed by atoms with Gasteiger partial charge in [-0.25, -0.2) is 9.59 Å². The van der Waals surface area contributed by atoms with Crippen molar-refractivity contribution in [3.63, 3.8) is 0 Å². The third kappa shape index (κ3) is 5.01. The first-order valence-electron chi connectivity index (χ1n) is 9.12. The van der Waals surface area contributed by atoms with Gasteiger partial charge in [0.2, 0.25) is 0 Å². The number of esters is 1. The maximum Gasteiger partial charge on any atom is 0.338 e. The molecule has 1 aliphatic heterocycles. The van der Waals surface area contributed by atoms with Crippen LogP contribution in [-0.2, 0) is 9.53 Å². The number of ether oxygens (including phenoxy) is 1. The van der Waals surface area contributed by atoms with Gasteiger partial charge in [0, 0.05) is 32.5 Å². The zero-order valence-corrected chi connectivity index (χ0v) is 18.0. The second-order valence-electron chi connectivity index (χ2n) is 7.38. The summed E-state index contributed by atoms with van der Waals surface area (Å²) in [7, 11) is 5.15. The highest BCUT2D eigenvalue weighted by atomic mass is 32.1. The van der Waals surface area contributed by atoms with Gasteiger partial charge in [-0.05, 0) is 42.8 Å². The standard InChI is InChI=1S/C20H28N4O3S/c1-12(2)11-27-18(25)16-13(3)24(6)20(28)22-17(16)14-8-7-9-15(10-14)21-19(26)23(4)5/h7-10,12,17H,11H2,1-6H3,(H,21,26)(H,22,28). The lowest BCUT2D eigenvalue weighted by Gasteiger charge is -2.35. The normalized spacial score (nSPS) is 16.8. The molecule has 1 aromatic rings. The smallest absolute Gasteiger partial charge is 0.338 e. The van der Waals surface area contributed by atoms with Gasteiger partial charge < -0.3 is 25.2 Å². The minimum Gasteiger partial charge on any atom is -0.462 e. The summed E-state index contributed by atoms with van der Waals surface area (Å²) in [6.07, 6.45) is 0. The van der Waals surface area contributed by atoms with Crippen LogP contribution in [0.15, 0.2) is 35.5 Å². The maximum absolute atomic E-state index is 12.8. The Morgan fingerprint density at radius 1 is 1.36 bits per heavy atom. The number of carbonyl (C=O) groups excluding carboxylic acids is 2. The van der Waals surface area contributed by atoms with Gasteiger partial charge >= 0.3 is 12.0 Å². The Bertz CT molecular complexity index is 804. The van der Waals surface area contributed by atoms with Crippen LogP contribution in [0.3, 0.4) is 0 Å². The summed E-state index contributed by atoms with van der Waals surface area (Å²) in [4.78, 5) is 28.0. The molecule has 2 amide bonds. The van der Waals surface area contributed by atoms with Gasteiger partial charge in [-0.15, -0.1) is 0 Å². The molecule has 0 radical (unpaired) electrons. The number of amides is 2. The van der Waals surface area contributed by atoms with Crippen molar-refractivity contribution in [1.29, 1.82) is 0 Å². The molecular formula is C20H28N4O3S. The second-order valence-corrected chi connectivity index (χ2v) is 7.77. The monoisotopic (exact) mass is 404 g/mol. The van der Waals surface area contributed by atoms with Crippen molar-refractivity contribution in [2.75, 3.05) is 33.1 Å². The highest BCUT2D eigenvalue weighted by Gasteiger charge is 2.33. The Morgan fingerprint density at radius 3 is 2.64 bits per heavy atom. The van der Waals surface area contributed by atoms with Gasteiger partial charge in [-0.3, -0.25) is 0 Å². The summed E-state index contributed by atoms with van der Waals surface area (Å²) in [5.41, 5.74) is 2.69. The zero-order valence-electron chi connectivity index (χ0n) is 17.2. The molecule has 28 heavy (non-hydrogen) atoms. The number of carbonyl (C=O) groups is 2. The van der Waals surface area contributed by atoms with E-state index in [2.05, 4.69) is 10.6 Å². The summed E-state index contributed by atoms with van der Waals surface area (Å²) in [6.45, 7) is 6.17. The van der Waals surface area contributed by atoms with E-state index in [9.17, 15) is 9.59 Å². The number of anilines is 1. The van der Waals surface area contributed by atoms with Crippen molar-refractivity contribution in [3.05, 3.63) is 41.1 Å². The molecular weight excluding hydrogens is 376 g/mol. The third-order valence-electron chi connectivity index (χ3n) is 4.40. The number of hydrogen-bond donors (Lipinski definition) is 2. The largest absolute Gasteiger partial charge is 0.462 e. The molecule has 0 aromatic heterocycles. The Morgan fingerprint density at radius 2 is 2.04 bits per heavy atom. The maximum atomic E-state index is 12.8. The van der Waals surface area contributed by atoms with Crippen LogP contribution in [0, 0.1) is 5.92 Å². The van der Waals surface area contributed by atoms with Crippen molar-refractivity contribution in [2.24, 2.45) is 5.92 Å². The highest BCUT2D eigenvalue weighted by Crippen LogP contribution is 2.32. The summed E-state index contributed by atoms with van der Waals surface area (Å²) in [5, 5.41) is 6.55. The van der Waals surface area contributed by atoms with E-state index in [4.69, 9.17) is 17.0 Å². The number of thiocarbonyl (C=S) groups is 1. The van der Waals surface area contributed by atoms with Crippen LogP contribution in [0.2, 0.25) is 0 Å². The highest BCUT2D eigenvalue weighted by molar-refractivity contribution is 7.80. The van der Waals surface area contributed by atoms with Crippen LogP contribution in [0.1, 0.15) is 32.4 Å². The average Bonchev–Trinajstić information content (AvgIpc) is 2.64. The predicted molar refractivity (Wildman–Crippen MR) is 114 cm³/mol. The SMILES string of the molecule is CC1=C(C(=O)OCC(C)C)C(c2cccc(NC(=O)N(C)C)c2)NC(=S)N1C. The molecule has 0 bridgehead atoms. The first-order chi connectivity index (χ1) is 13.1. The second kappa shape index (κ2) is 9.05. The van der Waals surface area contributed by atoms with E-state index in [0.29, 0.717) is 23.0 Å². The van der Waals surface area contributed by atoms with Gasteiger partial charge in [-0.2, -0.15) is 0 Å². The number of benzene rings is 1. The van der Waals surface area contributed by atoms with Gasteiger partial charge in [0.15, 0.2) is 5.11 Å². The number of nitrogens with one attached hydrogen (secondary N) is 2. The van der Waals surface area contributed by atoms with Crippen LogP contribution >= 0.6 is 12.2 Å². The van der Waals surface area contributed by atoms with Crippen molar-refractivity contribution < 1.29 is 14.3 Å². The number of allylic oxidation sites excluding steroid dienone is 1. The molecule has 1 unspecified atom stereocenters. The van der Waals surface area contributed by atoms with E-state index in [0.717, 1.165) is 11.3 Å². The van der Waals surface area contributed by atoms with Crippen molar-refractivity contribution in [3.8, 4) is 0 Å². The summed E-state index contributed by atoms with van der Waals surface area (Å²) in [5.74, 6) is -0.135. The van der Waals surface area contributed by atoms with Crippen molar-refractivity contribution in [2.45, 2.75) is 26.8 Å². The fraction of sp³-hybridized carbons (Fsp3) is 0.450. The first-order valence-corrected chi connectivity index (χ1v) is 9.53. The van der Waals surface area contributed by atoms with E-state index in [1.807, 2.05) is 46.0 Å². The molecule has 8 heteroatoms. The Balaban J connectivity index is 2.39. The fourth-order valence-corrected chi connectivity index (χ4v) is 2.96. The quantitative estimate of drug-likeness (QED) is 0.580. The number of urea groups is 1. The molecule has 0 fully saturated rings. The topological polar surface area (TPSA) is 73.9 Å². The average molecular weight is 405 g/mol. The predicted octanol–water partition coefficient (Wildman–Crippen LogP) is 3.11. The zero-order chi connectivity index (χ0) is 21.0. The molecule has 1 aromatic carbocycles. The number of hydrogen-bond acceptors (Lipinski definition) is 4. The first kappa shape index (κ1) is 21.7. The molecule has 2 N–H and O–H groups in total. The van der Waals surface area contributed by atoms with Crippen molar-refractivity contribution >= 4 is 35.0 Å². The molecule has 2 rings (SSSR count). The molecule has 1 atom stereocenters. The summed E-state index contributed by atoms with van der Waals surface area (Å²) >= 11 is 5.42. The van der Waals surface area contributed by atoms with E-state index in [-0.39, 0.29) is 17.9 Å². The molecule has 1 aliphatic rings. The summed E-state index contributed by atoms with van der Waals surface area (Å²) in [6, 6.07) is 6.66. The van der Waals surface area contributed by atoms with Gasteiger partial charge in [-0.1, -0.05) is 26.0 Å². The van der Waals surface area contributed by atoms with Crippen molar-refractivity contribution in [1.82, 2.24) is 15.1 Å². The van der Waals surface area contributed by atoms with E-state index < -0.39 is 6.04 Å². The molecule has 0 saturated carbocycles. The molecule has 0 aliphatic carbocycles. The van der Waals surface area contributed by atoms with E-state index in [1.165, 1.54) is 4.90 Å². The molecule has 7 nitrogen and oxygen atoms in total. The Labute approximate surface area is 171 Å². The van der Waals surface area contributed by atoms with Crippen LogP contribution < -0.4 is 10.6 Å². The molecule has 152 valence electrons. The third-order valence-corrected chi connectivity index (χ3v) is 4.79. The Kier molecular flexibility index (Phi) is 7.01. The lowest BCUT2D eigenvalue weighted by molar-refractivity contribution is -0.140. The molecule has 0 saturated heterocycles. The van der Waals surface area contributed by atoms with Gasteiger partial charge in [0.1, 0.15) is 0 Å².